The maximum absolute atomic E-state index is 6.64. The predicted molar refractivity (Wildman–Crippen MR) is 268 cm³/mol. The van der Waals surface area contributed by atoms with Crippen molar-refractivity contribution in [1.82, 2.24) is 30.0 Å². The van der Waals surface area contributed by atoms with E-state index in [4.69, 9.17) is 25.0 Å². The molecule has 0 aliphatic carbocycles. The van der Waals surface area contributed by atoms with Crippen LogP contribution in [0.25, 0.3) is 122 Å². The van der Waals surface area contributed by atoms with Gasteiger partial charge in [0.25, 0.3) is 6.71 Å². The molecule has 8 heteroatoms. The quantitative estimate of drug-likeness (QED) is 0.161. The van der Waals surface area contributed by atoms with Gasteiger partial charge in [-0.25, -0.2) is 9.36 Å². The monoisotopic (exact) mass is 840 g/mol. The van der Waals surface area contributed by atoms with Crippen LogP contribution < -0.4 is 16.4 Å². The Morgan fingerprint density at radius 3 is 1.56 bits per heavy atom. The highest BCUT2D eigenvalue weighted by Gasteiger charge is 2.44. The van der Waals surface area contributed by atoms with Crippen molar-refractivity contribution in [1.29, 1.82) is 0 Å². The maximum atomic E-state index is 6.64. The molecule has 0 amide bonds. The summed E-state index contributed by atoms with van der Waals surface area (Å²) in [6.07, 6.45) is 0. The molecule has 7 nitrogen and oxygen atoms in total. The Bertz CT molecular complexity index is 4120. The number of benzene rings is 10. The molecule has 0 N–H and O–H groups in total. The first-order valence-electron chi connectivity index (χ1n) is 22.3. The molecule has 15 rings (SSSR count). The van der Waals surface area contributed by atoms with E-state index in [0.717, 1.165) is 110 Å². The first-order valence-corrected chi connectivity index (χ1v) is 22.3. The van der Waals surface area contributed by atoms with Crippen LogP contribution in [0.15, 0.2) is 205 Å². The van der Waals surface area contributed by atoms with Crippen molar-refractivity contribution in [2.24, 2.45) is 0 Å². The van der Waals surface area contributed by atoms with E-state index in [1.165, 1.54) is 27.7 Å². The van der Waals surface area contributed by atoms with E-state index in [1.54, 1.807) is 0 Å². The third-order valence-corrected chi connectivity index (χ3v) is 14.0. The third kappa shape index (κ3) is 4.92. The molecule has 2 aliphatic rings. The van der Waals surface area contributed by atoms with Crippen LogP contribution in [0.2, 0.25) is 0 Å². The number of nitrogens with zero attached hydrogens (tertiary/aromatic N) is 6. The van der Waals surface area contributed by atoms with Gasteiger partial charge in [-0.05, 0) is 120 Å². The Morgan fingerprint density at radius 1 is 0.364 bits per heavy atom. The van der Waals surface area contributed by atoms with Gasteiger partial charge in [0.15, 0.2) is 0 Å². The van der Waals surface area contributed by atoms with Crippen molar-refractivity contribution in [3.63, 3.8) is 0 Å². The van der Waals surface area contributed by atoms with Gasteiger partial charge in [-0.3, -0.25) is 0 Å². The number of aromatic nitrogens is 6. The van der Waals surface area contributed by atoms with Crippen LogP contribution in [-0.2, 0) is 0 Å². The van der Waals surface area contributed by atoms with Gasteiger partial charge in [0.05, 0.1) is 22.4 Å². The summed E-state index contributed by atoms with van der Waals surface area (Å²) in [5, 5.41) is 24.5. The standard InChI is InChI=1S/C58H33BN6O/c1-4-15-34(16-5-1)39-28-40(35-17-6-2-7-18-35)30-41(29-39)37-21-14-22-38(27-37)42-31-47-54-48(32-42)65-58-53(44-24-11-10-23-43(44)51(56(58)61-63-65)36-19-8-3-9-20-36)59(54)55-52-45-25-12-13-26-49(45)66-50(52)33-46-57(55)64(47)62-60-46/h1-33H. The minimum Gasteiger partial charge on any atom is -0.456 e. The minimum atomic E-state index is -0.214. The topological polar surface area (TPSA) is 74.6 Å². The van der Waals surface area contributed by atoms with E-state index in [2.05, 4.69) is 203 Å². The Labute approximate surface area is 377 Å². The second kappa shape index (κ2) is 13.3. The van der Waals surface area contributed by atoms with Gasteiger partial charge in [0.1, 0.15) is 22.2 Å². The van der Waals surface area contributed by atoms with E-state index in [0.29, 0.717) is 0 Å². The molecule has 0 unspecified atom stereocenters. The summed E-state index contributed by atoms with van der Waals surface area (Å²) >= 11 is 0. The summed E-state index contributed by atoms with van der Waals surface area (Å²) in [6.45, 7) is -0.214. The molecule has 0 bridgehead atoms. The second-order valence-corrected chi connectivity index (χ2v) is 17.5. The van der Waals surface area contributed by atoms with E-state index in [-0.39, 0.29) is 6.71 Å². The molecular weight excluding hydrogens is 807 g/mol. The van der Waals surface area contributed by atoms with Crippen LogP contribution >= 0.6 is 0 Å². The highest BCUT2D eigenvalue weighted by molar-refractivity contribution is 7.03. The van der Waals surface area contributed by atoms with Gasteiger partial charge in [0.2, 0.25) is 0 Å². The van der Waals surface area contributed by atoms with Crippen molar-refractivity contribution >= 4 is 77.9 Å². The highest BCUT2D eigenvalue weighted by atomic mass is 16.3. The first-order chi connectivity index (χ1) is 32.7. The molecule has 2 aliphatic heterocycles. The summed E-state index contributed by atoms with van der Waals surface area (Å²) in [6, 6.07) is 71.5. The summed E-state index contributed by atoms with van der Waals surface area (Å²) in [4.78, 5) is 0. The normalized spacial score (nSPS) is 12.5. The number of rotatable bonds is 5. The highest BCUT2D eigenvalue weighted by Crippen LogP contribution is 2.42. The van der Waals surface area contributed by atoms with Gasteiger partial charge >= 0.3 is 0 Å². The average Bonchev–Trinajstić information content (AvgIpc) is 4.13. The van der Waals surface area contributed by atoms with Gasteiger partial charge < -0.3 is 4.42 Å². The van der Waals surface area contributed by atoms with Gasteiger partial charge in [0, 0.05) is 22.4 Å². The lowest BCUT2D eigenvalue weighted by Gasteiger charge is -2.33. The van der Waals surface area contributed by atoms with E-state index >= 15 is 0 Å². The summed E-state index contributed by atoms with van der Waals surface area (Å²) in [5.41, 5.74) is 22.0. The summed E-state index contributed by atoms with van der Waals surface area (Å²) in [7, 11) is 0. The lowest BCUT2D eigenvalue weighted by Crippen LogP contribution is -2.60. The molecule has 0 atom stereocenters. The van der Waals surface area contributed by atoms with Crippen molar-refractivity contribution in [2.75, 3.05) is 0 Å². The third-order valence-electron chi connectivity index (χ3n) is 14.0. The number of furan rings is 1. The second-order valence-electron chi connectivity index (χ2n) is 17.5. The Kier molecular flexibility index (Phi) is 7.18. The van der Waals surface area contributed by atoms with Crippen LogP contribution in [0.1, 0.15) is 0 Å². The molecule has 0 spiro atoms. The molecule has 66 heavy (non-hydrogen) atoms. The molecule has 0 radical (unpaired) electrons. The van der Waals surface area contributed by atoms with E-state index < -0.39 is 0 Å². The molecule has 10 aromatic carbocycles. The fourth-order valence-electron chi connectivity index (χ4n) is 11.2. The zero-order valence-corrected chi connectivity index (χ0v) is 35.2. The van der Waals surface area contributed by atoms with Crippen LogP contribution in [0.5, 0.6) is 0 Å². The maximum Gasteiger partial charge on any atom is 0.254 e. The van der Waals surface area contributed by atoms with Crippen LogP contribution in [0, 0.1) is 0 Å². The van der Waals surface area contributed by atoms with Crippen molar-refractivity contribution in [3.8, 4) is 67.0 Å². The average molecular weight is 841 g/mol. The number of fused-ring (bicyclic) bond motifs is 10. The molecule has 0 saturated carbocycles. The Morgan fingerprint density at radius 2 is 0.879 bits per heavy atom. The van der Waals surface area contributed by atoms with Crippen molar-refractivity contribution in [3.05, 3.63) is 200 Å². The van der Waals surface area contributed by atoms with Crippen molar-refractivity contribution < 1.29 is 4.42 Å². The molecule has 0 fully saturated rings. The minimum absolute atomic E-state index is 0.214. The molecule has 5 heterocycles. The molecule has 0 saturated heterocycles. The molecule has 304 valence electrons. The van der Waals surface area contributed by atoms with Gasteiger partial charge in [-0.15, -0.1) is 10.2 Å². The number of para-hydroxylation sites is 1. The Balaban J connectivity index is 1.02. The number of hydrogen-bond acceptors (Lipinski definition) is 5. The van der Waals surface area contributed by atoms with Gasteiger partial charge in [-0.2, -0.15) is 0 Å². The summed E-state index contributed by atoms with van der Waals surface area (Å²) in [5.74, 6) is 0. The fraction of sp³-hybridized carbons (Fsp3) is 0. The molecular formula is C58H33BN6O. The Hall–Kier alpha value is -8.88. The zero-order valence-electron chi connectivity index (χ0n) is 35.2. The smallest absolute Gasteiger partial charge is 0.254 e. The van der Waals surface area contributed by atoms with E-state index in [1.807, 2.05) is 6.07 Å². The van der Waals surface area contributed by atoms with Crippen LogP contribution in [0.3, 0.4) is 0 Å². The fourth-order valence-corrected chi connectivity index (χ4v) is 11.2. The van der Waals surface area contributed by atoms with Crippen LogP contribution in [0.4, 0.5) is 0 Å². The SMILES string of the molecule is c1ccc(-c2cc(-c3ccccc3)cc(-c3cccc(-c4cc5c6c(c4)-n4nnc7c(-c8ccccc8)c8ccccc8c(c74)B6c4c6c(cc7nnn-5c47)oc4ccccc46)c3)c2)cc1. The molecule has 13 aromatic rings. The van der Waals surface area contributed by atoms with Crippen molar-refractivity contribution in [2.45, 2.75) is 0 Å². The lowest BCUT2D eigenvalue weighted by molar-refractivity contribution is 0.669. The largest absolute Gasteiger partial charge is 0.456 e. The van der Waals surface area contributed by atoms with E-state index in [9.17, 15) is 0 Å². The predicted octanol–water partition coefficient (Wildman–Crippen LogP) is 11.7. The number of hydrogen-bond donors (Lipinski definition) is 0. The van der Waals surface area contributed by atoms with Gasteiger partial charge in [-0.1, -0.05) is 162 Å². The zero-order chi connectivity index (χ0) is 43.0. The summed E-state index contributed by atoms with van der Waals surface area (Å²) < 4.78 is 10.8. The molecule has 3 aromatic heterocycles. The van der Waals surface area contributed by atoms with Crippen LogP contribution in [-0.4, -0.2) is 36.7 Å². The lowest BCUT2D eigenvalue weighted by atomic mass is 9.33. The first kappa shape index (κ1) is 35.6.